The molecule has 0 fully saturated rings. The molecule has 0 saturated heterocycles. The van der Waals surface area contributed by atoms with Crippen LogP contribution in [-0.2, 0) is 0 Å². The molecular formula is C16H11O. The van der Waals surface area contributed by atoms with Gasteiger partial charge in [0.2, 0.25) is 0 Å². The monoisotopic (exact) mass is 219 g/mol. The van der Waals surface area contributed by atoms with Gasteiger partial charge in [0, 0.05) is 12.5 Å². The molecule has 0 unspecified atom stereocenters. The fraction of sp³-hybridized carbons (Fsp3) is 0. The van der Waals surface area contributed by atoms with Crippen LogP contribution in [0.3, 0.4) is 0 Å². The van der Waals surface area contributed by atoms with Crippen LogP contribution in [0, 0.1) is 6.92 Å². The lowest BCUT2D eigenvalue weighted by Crippen LogP contribution is -1.93. The number of carbonyl (C=O) groups is 1. The first-order valence-corrected chi connectivity index (χ1v) is 5.53. The zero-order chi connectivity index (χ0) is 11.8. The Kier molecular flexibility index (Phi) is 2.19. The maximum absolute atomic E-state index is 11.5. The second kappa shape index (κ2) is 3.70. The van der Waals surface area contributed by atoms with Crippen LogP contribution in [0.5, 0.6) is 0 Å². The quantitative estimate of drug-likeness (QED) is 0.446. The summed E-state index contributed by atoms with van der Waals surface area (Å²) >= 11 is 0. The maximum atomic E-state index is 11.5. The molecule has 1 radical (unpaired) electrons. The summed E-state index contributed by atoms with van der Waals surface area (Å²) in [5.41, 5.74) is 0.688. The molecule has 3 aromatic carbocycles. The van der Waals surface area contributed by atoms with Crippen molar-refractivity contribution in [3.63, 3.8) is 0 Å². The Balaban J connectivity index is 2.47. The molecule has 0 heterocycles. The van der Waals surface area contributed by atoms with Crippen molar-refractivity contribution in [1.29, 1.82) is 0 Å². The number of rotatable bonds is 1. The third kappa shape index (κ3) is 1.60. The van der Waals surface area contributed by atoms with Gasteiger partial charge >= 0.3 is 0 Å². The molecule has 3 aromatic rings. The zero-order valence-electron chi connectivity index (χ0n) is 9.31. The molecule has 1 heteroatoms. The standard InChI is InChI=1S/C16H11O/c1-11(17)15-8-4-7-14-9-12-5-2-3-6-13(12)10-16(14)15/h2-10H,1H2. The Morgan fingerprint density at radius 3 is 2.18 bits per heavy atom. The van der Waals surface area contributed by atoms with Gasteiger partial charge in [-0.15, -0.1) is 0 Å². The van der Waals surface area contributed by atoms with Gasteiger partial charge in [-0.05, 0) is 33.7 Å². The number of hydrogen-bond acceptors (Lipinski definition) is 1. The summed E-state index contributed by atoms with van der Waals surface area (Å²) < 4.78 is 0. The highest BCUT2D eigenvalue weighted by Gasteiger charge is 2.06. The molecule has 0 amide bonds. The minimum atomic E-state index is -0.133. The number of Topliss-reactive ketones (excluding diaryl/α,β-unsaturated/α-hetero) is 1. The molecule has 3 rings (SSSR count). The molecule has 0 atom stereocenters. The first kappa shape index (κ1) is 10.0. The summed E-state index contributed by atoms with van der Waals surface area (Å²) in [7, 11) is 0. The van der Waals surface area contributed by atoms with Crippen molar-refractivity contribution in [1.82, 2.24) is 0 Å². The van der Waals surface area contributed by atoms with Gasteiger partial charge in [0.25, 0.3) is 0 Å². The fourth-order valence-electron chi connectivity index (χ4n) is 2.21. The largest absolute Gasteiger partial charge is 0.294 e. The van der Waals surface area contributed by atoms with Crippen LogP contribution in [0.2, 0.25) is 0 Å². The molecule has 81 valence electrons. The summed E-state index contributed by atoms with van der Waals surface area (Å²) in [6.45, 7) is 3.50. The van der Waals surface area contributed by atoms with Crippen LogP contribution in [0.25, 0.3) is 21.5 Å². The van der Waals surface area contributed by atoms with Gasteiger partial charge in [-0.2, -0.15) is 0 Å². The Morgan fingerprint density at radius 2 is 1.47 bits per heavy atom. The minimum Gasteiger partial charge on any atom is -0.294 e. The van der Waals surface area contributed by atoms with Gasteiger partial charge in [-0.3, -0.25) is 4.79 Å². The molecule has 17 heavy (non-hydrogen) atoms. The third-order valence-corrected chi connectivity index (χ3v) is 3.05. The van der Waals surface area contributed by atoms with Crippen LogP contribution in [0.15, 0.2) is 54.6 Å². The number of ketones is 1. The first-order valence-electron chi connectivity index (χ1n) is 5.53. The molecular weight excluding hydrogens is 208 g/mol. The lowest BCUT2D eigenvalue weighted by molar-refractivity contribution is 0.104. The van der Waals surface area contributed by atoms with E-state index < -0.39 is 0 Å². The smallest absolute Gasteiger partial charge is 0.163 e. The average molecular weight is 219 g/mol. The lowest BCUT2D eigenvalue weighted by atomic mass is 9.98. The van der Waals surface area contributed by atoms with Gasteiger partial charge < -0.3 is 0 Å². The molecule has 0 N–H and O–H groups in total. The summed E-state index contributed by atoms with van der Waals surface area (Å²) in [5, 5.41) is 4.40. The minimum absolute atomic E-state index is 0.133. The highest BCUT2D eigenvalue weighted by atomic mass is 16.1. The van der Waals surface area contributed by atoms with Crippen molar-refractivity contribution in [3.05, 3.63) is 67.1 Å². The predicted octanol–water partition coefficient (Wildman–Crippen LogP) is 4.01. The molecule has 0 bridgehead atoms. The van der Waals surface area contributed by atoms with Crippen molar-refractivity contribution in [2.75, 3.05) is 0 Å². The molecule has 0 aromatic heterocycles. The lowest BCUT2D eigenvalue weighted by Gasteiger charge is -2.05. The predicted molar refractivity (Wildman–Crippen MR) is 71.1 cm³/mol. The van der Waals surface area contributed by atoms with E-state index in [2.05, 4.69) is 31.2 Å². The van der Waals surface area contributed by atoms with E-state index in [1.165, 1.54) is 5.39 Å². The molecule has 0 aliphatic heterocycles. The Labute approximate surface area is 99.7 Å². The second-order valence-electron chi connectivity index (χ2n) is 4.15. The van der Waals surface area contributed by atoms with E-state index in [9.17, 15) is 4.79 Å². The Morgan fingerprint density at radius 1 is 0.824 bits per heavy atom. The number of benzene rings is 3. The van der Waals surface area contributed by atoms with E-state index >= 15 is 0 Å². The highest BCUT2D eigenvalue weighted by molar-refractivity contribution is 6.12. The first-order chi connectivity index (χ1) is 8.25. The normalized spacial score (nSPS) is 10.9. The average Bonchev–Trinajstić information content (AvgIpc) is 2.35. The molecule has 0 spiro atoms. The molecule has 0 aliphatic rings. The van der Waals surface area contributed by atoms with Crippen LogP contribution >= 0.6 is 0 Å². The number of hydrogen-bond donors (Lipinski definition) is 0. The van der Waals surface area contributed by atoms with E-state index in [1.54, 1.807) is 0 Å². The van der Waals surface area contributed by atoms with Crippen molar-refractivity contribution in [3.8, 4) is 0 Å². The molecule has 0 saturated carbocycles. The topological polar surface area (TPSA) is 17.1 Å². The summed E-state index contributed by atoms with van der Waals surface area (Å²) in [4.78, 5) is 11.5. The maximum Gasteiger partial charge on any atom is 0.163 e. The van der Waals surface area contributed by atoms with Crippen molar-refractivity contribution in [2.45, 2.75) is 0 Å². The number of carbonyl (C=O) groups excluding carboxylic acids is 1. The van der Waals surface area contributed by atoms with Crippen LogP contribution < -0.4 is 0 Å². The van der Waals surface area contributed by atoms with Gasteiger partial charge in [-0.1, -0.05) is 42.5 Å². The Hall–Kier alpha value is -2.15. The van der Waals surface area contributed by atoms with E-state index in [0.717, 1.165) is 16.2 Å². The van der Waals surface area contributed by atoms with E-state index in [4.69, 9.17) is 0 Å². The third-order valence-electron chi connectivity index (χ3n) is 3.05. The molecule has 0 aliphatic carbocycles. The van der Waals surface area contributed by atoms with Crippen molar-refractivity contribution >= 4 is 27.3 Å². The second-order valence-corrected chi connectivity index (χ2v) is 4.15. The van der Waals surface area contributed by atoms with Crippen LogP contribution in [-0.4, -0.2) is 5.78 Å². The van der Waals surface area contributed by atoms with Gasteiger partial charge in [0.1, 0.15) is 0 Å². The fourth-order valence-corrected chi connectivity index (χ4v) is 2.21. The number of fused-ring (bicyclic) bond motifs is 2. The van der Waals surface area contributed by atoms with Crippen LogP contribution in [0.1, 0.15) is 10.4 Å². The van der Waals surface area contributed by atoms with Gasteiger partial charge in [0.05, 0.1) is 0 Å². The van der Waals surface area contributed by atoms with Crippen LogP contribution in [0.4, 0.5) is 0 Å². The van der Waals surface area contributed by atoms with Gasteiger partial charge in [0.15, 0.2) is 5.78 Å². The van der Waals surface area contributed by atoms with E-state index in [1.807, 2.05) is 30.3 Å². The Bertz CT molecular complexity index is 726. The summed E-state index contributed by atoms with van der Waals surface area (Å²) in [6, 6.07) is 18.1. The SMILES string of the molecule is [CH2]C(=O)c1cccc2cc3ccccc3cc12. The molecule has 1 nitrogen and oxygen atoms in total. The highest BCUT2D eigenvalue weighted by Crippen LogP contribution is 2.25. The zero-order valence-corrected chi connectivity index (χ0v) is 9.31. The summed E-state index contributed by atoms with van der Waals surface area (Å²) in [5.74, 6) is -0.133. The van der Waals surface area contributed by atoms with E-state index in [-0.39, 0.29) is 5.78 Å². The van der Waals surface area contributed by atoms with Gasteiger partial charge in [-0.25, -0.2) is 0 Å². The van der Waals surface area contributed by atoms with E-state index in [0.29, 0.717) is 5.56 Å². The van der Waals surface area contributed by atoms with Crippen molar-refractivity contribution in [2.24, 2.45) is 0 Å². The van der Waals surface area contributed by atoms with Crippen molar-refractivity contribution < 1.29 is 4.79 Å². The summed E-state index contributed by atoms with van der Waals surface area (Å²) in [6.07, 6.45) is 0.